The molecule has 10 N–H and O–H groups in total. The molecule has 0 spiro atoms. The summed E-state index contributed by atoms with van der Waals surface area (Å²) in [6.45, 7) is 0.0235. The molecule has 54 heavy (non-hydrogen) atoms. The smallest absolute Gasteiger partial charge is 0.331 e. The van der Waals surface area contributed by atoms with Gasteiger partial charge in [-0.3, -0.25) is 0 Å². The van der Waals surface area contributed by atoms with Crippen molar-refractivity contribution in [3.63, 3.8) is 0 Å². The quantitative estimate of drug-likeness (QED) is 0.0585. The Bertz CT molecular complexity index is 1570. The Kier molecular flexibility index (Phi) is 14.1. The van der Waals surface area contributed by atoms with Gasteiger partial charge in [-0.25, -0.2) is 4.79 Å². The topological polar surface area (TPSA) is 293 Å². The van der Waals surface area contributed by atoms with E-state index in [-0.39, 0.29) is 36.0 Å². The van der Waals surface area contributed by atoms with Gasteiger partial charge in [0.1, 0.15) is 54.9 Å². The average Bonchev–Trinajstić information content (AvgIpc) is 3.15. The van der Waals surface area contributed by atoms with Crippen LogP contribution >= 0.6 is 0 Å². The third-order valence-corrected chi connectivity index (χ3v) is 9.20. The Morgan fingerprint density at radius 2 is 1.52 bits per heavy atom. The molecule has 2 aromatic carbocycles. The third kappa shape index (κ3) is 9.58. The fraction of sp³-hybridized carbons (Fsp3) is 0.571. The van der Waals surface area contributed by atoms with Crippen molar-refractivity contribution in [2.24, 2.45) is 0 Å². The number of hydrogen-bond acceptors (Lipinski definition) is 19. The molecule has 0 aliphatic carbocycles. The molecular formula is C35H46O19. The lowest BCUT2D eigenvalue weighted by Crippen LogP contribution is -2.66. The molecule has 3 fully saturated rings. The lowest BCUT2D eigenvalue weighted by molar-refractivity contribution is -0.381. The van der Waals surface area contributed by atoms with Crippen LogP contribution in [-0.2, 0) is 44.4 Å². The fourth-order valence-corrected chi connectivity index (χ4v) is 6.10. The molecule has 0 aromatic heterocycles. The first-order valence-corrected chi connectivity index (χ1v) is 17.0. The normalized spacial score (nSPS) is 35.9. The zero-order chi connectivity index (χ0) is 39.3. The van der Waals surface area contributed by atoms with E-state index < -0.39 is 105 Å². The zero-order valence-electron chi connectivity index (χ0n) is 29.2. The number of aliphatic hydroxyl groups is 7. The molecule has 0 bridgehead atoms. The Labute approximate surface area is 308 Å². The molecule has 3 aliphatic heterocycles. The lowest BCUT2D eigenvalue weighted by Gasteiger charge is -2.48. The molecule has 2 aromatic rings. The predicted molar refractivity (Wildman–Crippen MR) is 179 cm³/mol. The minimum Gasteiger partial charge on any atom is -0.504 e. The van der Waals surface area contributed by atoms with Gasteiger partial charge < -0.3 is 89.0 Å². The highest BCUT2D eigenvalue weighted by molar-refractivity contribution is 5.87. The van der Waals surface area contributed by atoms with Crippen LogP contribution in [-0.4, -0.2) is 170 Å². The standard InChI is InChI=1S/C35H46O19/c1-15-25(42)27(44)32(54-33-28(45)26(43)21(40)14-49-33)35(50-15)53-31-29(46)34(48-10-9-17-3-6-18(37)20(39)11-17)51-23(13-36)30(31)52-24(41)8-5-16-4-7-19(38)22(12-16)47-2/h3-8,11-12,15,21,23,25-40,42-46H,9-10,13-14H2,1-2H3/b8-5-/t15-,21-,23-,25-,26+,27+,28-,29+,30-,31+,32-,33+,34-,35+/m0/s1. The maximum absolute atomic E-state index is 13.2. The first-order valence-electron chi connectivity index (χ1n) is 17.0. The number of carbonyl (C=O) groups is 1. The Balaban J connectivity index is 1.40. The van der Waals surface area contributed by atoms with Crippen LogP contribution in [0.5, 0.6) is 23.0 Å². The molecule has 0 saturated carbocycles. The first kappa shape index (κ1) is 41.5. The number of ether oxygens (including phenoxy) is 8. The van der Waals surface area contributed by atoms with Crippen molar-refractivity contribution in [3.05, 3.63) is 53.6 Å². The number of phenolic OH excluding ortho intramolecular Hbond substituents is 3. The van der Waals surface area contributed by atoms with E-state index in [9.17, 15) is 55.9 Å². The van der Waals surface area contributed by atoms with Crippen LogP contribution in [0.1, 0.15) is 18.1 Å². The monoisotopic (exact) mass is 770 g/mol. The summed E-state index contributed by atoms with van der Waals surface area (Å²) in [4.78, 5) is 13.2. The number of hydrogen-bond donors (Lipinski definition) is 10. The average molecular weight is 771 g/mol. The molecule has 0 amide bonds. The minimum absolute atomic E-state index is 0.126. The van der Waals surface area contributed by atoms with Crippen molar-refractivity contribution in [1.29, 1.82) is 0 Å². The van der Waals surface area contributed by atoms with Crippen LogP contribution in [0.4, 0.5) is 0 Å². The van der Waals surface area contributed by atoms with Gasteiger partial charge in [-0.2, -0.15) is 0 Å². The largest absolute Gasteiger partial charge is 0.504 e. The van der Waals surface area contributed by atoms with E-state index in [4.69, 9.17) is 37.9 Å². The molecule has 3 saturated heterocycles. The van der Waals surface area contributed by atoms with Crippen molar-refractivity contribution in [1.82, 2.24) is 0 Å². The van der Waals surface area contributed by atoms with Gasteiger partial charge in [0.25, 0.3) is 0 Å². The Morgan fingerprint density at radius 3 is 2.22 bits per heavy atom. The molecule has 19 nitrogen and oxygen atoms in total. The number of methoxy groups -OCH3 is 1. The van der Waals surface area contributed by atoms with Crippen LogP contribution in [0.3, 0.4) is 0 Å². The number of rotatable bonds is 13. The second kappa shape index (κ2) is 18.3. The molecular weight excluding hydrogens is 724 g/mol. The van der Waals surface area contributed by atoms with Crippen LogP contribution in [0.2, 0.25) is 0 Å². The van der Waals surface area contributed by atoms with Crippen LogP contribution < -0.4 is 4.74 Å². The van der Waals surface area contributed by atoms with E-state index in [1.165, 1.54) is 56.5 Å². The number of phenols is 3. The van der Waals surface area contributed by atoms with E-state index in [2.05, 4.69) is 0 Å². The van der Waals surface area contributed by atoms with E-state index in [0.717, 1.165) is 6.08 Å². The predicted octanol–water partition coefficient (Wildman–Crippen LogP) is -2.25. The summed E-state index contributed by atoms with van der Waals surface area (Å²) in [7, 11) is 1.35. The third-order valence-electron chi connectivity index (χ3n) is 9.20. The number of aliphatic hydroxyl groups excluding tert-OH is 7. The van der Waals surface area contributed by atoms with Crippen LogP contribution in [0.15, 0.2) is 42.5 Å². The van der Waals surface area contributed by atoms with Crippen molar-refractivity contribution in [2.45, 2.75) is 99.4 Å². The van der Waals surface area contributed by atoms with Gasteiger partial charge in [-0.05, 0) is 54.8 Å². The fourth-order valence-electron chi connectivity index (χ4n) is 6.10. The second-order valence-electron chi connectivity index (χ2n) is 13.0. The highest BCUT2D eigenvalue weighted by Gasteiger charge is 2.54. The van der Waals surface area contributed by atoms with Crippen molar-refractivity contribution >= 4 is 12.0 Å². The SMILES string of the molecule is COc1cc(/C=C\C(=O)O[C@@H]2[C@H](O[C@H]3O[C@@H](C)[C@H](O)[C@@H](O)[C@@H]3O[C@H]3OC[C@H](O)[C@@H](O)[C@@H]3O)[C@@H](O)[C@@H](OCCc3ccc(O)c(O)c3)O[C@H]2CO)ccc1O. The summed E-state index contributed by atoms with van der Waals surface area (Å²) in [6.07, 6.45) is -19.9. The summed E-state index contributed by atoms with van der Waals surface area (Å²) in [5, 5.41) is 104. The van der Waals surface area contributed by atoms with Crippen LogP contribution in [0, 0.1) is 0 Å². The summed E-state index contributed by atoms with van der Waals surface area (Å²) in [5.74, 6) is -1.67. The molecule has 300 valence electrons. The van der Waals surface area contributed by atoms with Gasteiger partial charge in [0.2, 0.25) is 0 Å². The number of benzene rings is 2. The van der Waals surface area contributed by atoms with Crippen molar-refractivity contribution in [2.75, 3.05) is 26.9 Å². The number of esters is 1. The molecule has 3 heterocycles. The summed E-state index contributed by atoms with van der Waals surface area (Å²) < 4.78 is 45.4. The highest BCUT2D eigenvalue weighted by Crippen LogP contribution is 2.34. The maximum atomic E-state index is 13.2. The number of aromatic hydroxyl groups is 3. The second-order valence-corrected chi connectivity index (χ2v) is 13.0. The maximum Gasteiger partial charge on any atom is 0.331 e. The summed E-state index contributed by atoms with van der Waals surface area (Å²) >= 11 is 0. The molecule has 3 aliphatic rings. The first-order chi connectivity index (χ1) is 25.7. The van der Waals surface area contributed by atoms with Gasteiger partial charge >= 0.3 is 5.97 Å². The van der Waals surface area contributed by atoms with E-state index in [1.54, 1.807) is 0 Å². The van der Waals surface area contributed by atoms with Gasteiger partial charge in [-0.15, -0.1) is 0 Å². The Hall–Kier alpha value is -3.67. The summed E-state index contributed by atoms with van der Waals surface area (Å²) in [6, 6.07) is 8.41. The molecule has 19 heteroatoms. The highest BCUT2D eigenvalue weighted by atomic mass is 16.8. The van der Waals surface area contributed by atoms with E-state index in [1.807, 2.05) is 0 Å². The van der Waals surface area contributed by atoms with Crippen LogP contribution in [0.25, 0.3) is 6.08 Å². The van der Waals surface area contributed by atoms with Gasteiger partial charge in [0.15, 0.2) is 48.0 Å². The molecule has 5 rings (SSSR count). The van der Waals surface area contributed by atoms with Gasteiger partial charge in [0.05, 0.1) is 33.0 Å². The zero-order valence-corrected chi connectivity index (χ0v) is 29.2. The minimum atomic E-state index is -1.81. The van der Waals surface area contributed by atoms with E-state index in [0.29, 0.717) is 11.1 Å². The lowest BCUT2D eigenvalue weighted by atomic mass is 9.96. The molecule has 0 unspecified atom stereocenters. The Morgan fingerprint density at radius 1 is 0.796 bits per heavy atom. The molecule has 14 atom stereocenters. The summed E-state index contributed by atoms with van der Waals surface area (Å²) in [5.41, 5.74) is 0.985. The number of carbonyl (C=O) groups excluding carboxylic acids is 1. The van der Waals surface area contributed by atoms with Crippen molar-refractivity contribution < 1.29 is 93.8 Å². The van der Waals surface area contributed by atoms with Gasteiger partial charge in [-0.1, -0.05) is 12.1 Å². The van der Waals surface area contributed by atoms with Crippen molar-refractivity contribution in [3.8, 4) is 23.0 Å². The molecule has 0 radical (unpaired) electrons. The van der Waals surface area contributed by atoms with Gasteiger partial charge in [0, 0.05) is 6.08 Å². The van der Waals surface area contributed by atoms with E-state index >= 15 is 0 Å².